The molecule has 0 aliphatic carbocycles. The molecule has 0 radical (unpaired) electrons. The van der Waals surface area contributed by atoms with Gasteiger partial charge in [-0.3, -0.25) is 9.69 Å². The molecule has 2 fully saturated rings. The summed E-state index contributed by atoms with van der Waals surface area (Å²) in [5, 5.41) is 0. The van der Waals surface area contributed by atoms with Crippen LogP contribution in [0, 0.1) is 11.2 Å². The number of hydrogen-bond acceptors (Lipinski definition) is 4. The van der Waals surface area contributed by atoms with Crippen LogP contribution >= 0.6 is 0 Å². The van der Waals surface area contributed by atoms with E-state index in [1.54, 1.807) is 26.4 Å². The fourth-order valence-corrected chi connectivity index (χ4v) is 4.40. The van der Waals surface area contributed by atoms with Crippen molar-refractivity contribution >= 4 is 5.91 Å². The summed E-state index contributed by atoms with van der Waals surface area (Å²) in [6.07, 6.45) is 3.79. The molecular weight excluding hydrogens is 335 g/mol. The molecule has 1 unspecified atom stereocenters. The molecule has 0 bridgehead atoms. The van der Waals surface area contributed by atoms with Gasteiger partial charge in [0.25, 0.3) is 0 Å². The largest absolute Gasteiger partial charge is 0.496 e. The Labute approximate surface area is 155 Å². The maximum absolute atomic E-state index is 13.7. The summed E-state index contributed by atoms with van der Waals surface area (Å²) >= 11 is 0. The van der Waals surface area contributed by atoms with Gasteiger partial charge in [-0.05, 0) is 44.0 Å². The maximum Gasteiger partial charge on any atom is 0.222 e. The van der Waals surface area contributed by atoms with Gasteiger partial charge in [0.15, 0.2) is 0 Å². The zero-order valence-corrected chi connectivity index (χ0v) is 15.8. The summed E-state index contributed by atoms with van der Waals surface area (Å²) in [6.45, 7) is 4.64. The molecule has 1 amide bonds. The molecule has 3 rings (SSSR count). The SMILES string of the molecule is COCCN1CC2(CCCN(Cc3cc(F)ccc3OC)C2)CCC1=O. The summed E-state index contributed by atoms with van der Waals surface area (Å²) in [5.74, 6) is 0.727. The van der Waals surface area contributed by atoms with Crippen molar-refractivity contribution in [2.45, 2.75) is 32.2 Å². The van der Waals surface area contributed by atoms with Crippen LogP contribution in [0.15, 0.2) is 18.2 Å². The lowest BCUT2D eigenvalue weighted by molar-refractivity contribution is -0.140. The van der Waals surface area contributed by atoms with Crippen LogP contribution in [-0.2, 0) is 16.1 Å². The molecule has 2 heterocycles. The van der Waals surface area contributed by atoms with Gasteiger partial charge in [0.05, 0.1) is 13.7 Å². The third kappa shape index (κ3) is 4.35. The Morgan fingerprint density at radius 2 is 2.08 bits per heavy atom. The number of piperidine rings is 2. The Kier molecular flexibility index (Phi) is 6.14. The van der Waals surface area contributed by atoms with Gasteiger partial charge in [0.1, 0.15) is 11.6 Å². The highest BCUT2D eigenvalue weighted by atomic mass is 19.1. The van der Waals surface area contributed by atoms with E-state index in [-0.39, 0.29) is 17.1 Å². The molecule has 0 N–H and O–H groups in total. The van der Waals surface area contributed by atoms with Crippen molar-refractivity contribution in [2.24, 2.45) is 5.41 Å². The molecule has 144 valence electrons. The number of rotatable bonds is 6. The van der Waals surface area contributed by atoms with Gasteiger partial charge in [-0.2, -0.15) is 0 Å². The molecule has 1 aromatic rings. The molecule has 26 heavy (non-hydrogen) atoms. The third-order valence-electron chi connectivity index (χ3n) is 5.69. The first kappa shape index (κ1) is 19.1. The van der Waals surface area contributed by atoms with Crippen molar-refractivity contribution in [3.05, 3.63) is 29.6 Å². The molecule has 2 aliphatic heterocycles. The quantitative estimate of drug-likeness (QED) is 0.778. The van der Waals surface area contributed by atoms with E-state index in [9.17, 15) is 9.18 Å². The molecule has 5 nitrogen and oxygen atoms in total. The molecule has 1 atom stereocenters. The second-order valence-electron chi connectivity index (χ2n) is 7.58. The smallest absolute Gasteiger partial charge is 0.222 e. The van der Waals surface area contributed by atoms with E-state index in [2.05, 4.69) is 4.90 Å². The molecule has 1 aromatic carbocycles. The first-order valence-corrected chi connectivity index (χ1v) is 9.37. The summed E-state index contributed by atoms with van der Waals surface area (Å²) in [4.78, 5) is 16.6. The minimum absolute atomic E-state index is 0.139. The van der Waals surface area contributed by atoms with Crippen LogP contribution in [0.3, 0.4) is 0 Å². The highest BCUT2D eigenvalue weighted by Crippen LogP contribution is 2.39. The maximum atomic E-state index is 13.7. The number of methoxy groups -OCH3 is 2. The fourth-order valence-electron chi connectivity index (χ4n) is 4.40. The van der Waals surface area contributed by atoms with Crippen molar-refractivity contribution in [1.82, 2.24) is 9.80 Å². The zero-order valence-electron chi connectivity index (χ0n) is 15.8. The predicted octanol–water partition coefficient (Wildman–Crippen LogP) is 2.69. The standard InChI is InChI=1S/C20H29FN2O3/c1-25-11-10-23-15-20(8-6-19(23)24)7-3-9-22(14-20)13-16-12-17(21)4-5-18(16)26-2/h4-5,12H,3,6-11,13-15H2,1-2H3. The van der Waals surface area contributed by atoms with Crippen LogP contribution in [-0.4, -0.2) is 62.7 Å². The van der Waals surface area contributed by atoms with Crippen molar-refractivity contribution in [2.75, 3.05) is 47.0 Å². The van der Waals surface area contributed by atoms with Crippen molar-refractivity contribution in [1.29, 1.82) is 0 Å². The molecule has 1 spiro atoms. The van der Waals surface area contributed by atoms with E-state index in [0.29, 0.717) is 26.1 Å². The van der Waals surface area contributed by atoms with E-state index in [1.807, 2.05) is 4.90 Å². The average molecular weight is 364 g/mol. The van der Waals surface area contributed by atoms with Crippen LogP contribution < -0.4 is 4.74 Å². The van der Waals surface area contributed by atoms with E-state index < -0.39 is 0 Å². The normalized spacial score (nSPS) is 24.3. The number of benzene rings is 1. The lowest BCUT2D eigenvalue weighted by Gasteiger charge is -2.48. The second kappa shape index (κ2) is 8.35. The van der Waals surface area contributed by atoms with Gasteiger partial charge in [0, 0.05) is 50.7 Å². The molecule has 2 saturated heterocycles. The lowest BCUT2D eigenvalue weighted by Crippen LogP contribution is -2.54. The monoisotopic (exact) mass is 364 g/mol. The number of ether oxygens (including phenoxy) is 2. The molecule has 6 heteroatoms. The summed E-state index contributed by atoms with van der Waals surface area (Å²) < 4.78 is 24.2. The first-order chi connectivity index (χ1) is 12.5. The van der Waals surface area contributed by atoms with Gasteiger partial charge in [-0.15, -0.1) is 0 Å². The molecule has 2 aliphatic rings. The molecular formula is C20H29FN2O3. The zero-order chi connectivity index (χ0) is 18.6. The van der Waals surface area contributed by atoms with Crippen molar-refractivity contribution < 1.29 is 18.7 Å². The summed E-state index contributed by atoms with van der Waals surface area (Å²) in [5.41, 5.74) is 1.02. The second-order valence-corrected chi connectivity index (χ2v) is 7.58. The number of likely N-dealkylation sites (tertiary alicyclic amines) is 2. The minimum Gasteiger partial charge on any atom is -0.496 e. The predicted molar refractivity (Wildman–Crippen MR) is 97.6 cm³/mol. The van der Waals surface area contributed by atoms with Crippen LogP contribution in [0.5, 0.6) is 5.75 Å². The summed E-state index contributed by atoms with van der Waals surface area (Å²) in [6, 6.07) is 4.69. The van der Waals surface area contributed by atoms with E-state index >= 15 is 0 Å². The third-order valence-corrected chi connectivity index (χ3v) is 5.69. The Morgan fingerprint density at radius 3 is 2.85 bits per heavy atom. The Hall–Kier alpha value is -1.66. The van der Waals surface area contributed by atoms with Crippen LogP contribution in [0.25, 0.3) is 0 Å². The highest BCUT2D eigenvalue weighted by molar-refractivity contribution is 5.77. The minimum atomic E-state index is -0.235. The lowest BCUT2D eigenvalue weighted by atomic mass is 9.73. The van der Waals surface area contributed by atoms with Crippen LogP contribution in [0.2, 0.25) is 0 Å². The molecule has 0 aromatic heterocycles. The van der Waals surface area contributed by atoms with Crippen molar-refractivity contribution in [3.63, 3.8) is 0 Å². The Bertz CT molecular complexity index is 639. The number of amides is 1. The number of hydrogen-bond donors (Lipinski definition) is 0. The van der Waals surface area contributed by atoms with E-state index in [4.69, 9.17) is 9.47 Å². The van der Waals surface area contributed by atoms with E-state index in [0.717, 1.165) is 50.2 Å². The molecule has 0 saturated carbocycles. The van der Waals surface area contributed by atoms with Crippen molar-refractivity contribution in [3.8, 4) is 5.75 Å². The highest BCUT2D eigenvalue weighted by Gasteiger charge is 2.41. The first-order valence-electron chi connectivity index (χ1n) is 9.37. The van der Waals surface area contributed by atoms with Crippen LogP contribution in [0.1, 0.15) is 31.2 Å². The Morgan fingerprint density at radius 1 is 1.23 bits per heavy atom. The van der Waals surface area contributed by atoms with E-state index in [1.165, 1.54) is 6.07 Å². The van der Waals surface area contributed by atoms with Gasteiger partial charge in [-0.1, -0.05) is 0 Å². The fraction of sp³-hybridized carbons (Fsp3) is 0.650. The Balaban J connectivity index is 1.69. The van der Waals surface area contributed by atoms with Gasteiger partial charge >= 0.3 is 0 Å². The van der Waals surface area contributed by atoms with Crippen LogP contribution in [0.4, 0.5) is 4.39 Å². The van der Waals surface area contributed by atoms with Gasteiger partial charge in [-0.25, -0.2) is 4.39 Å². The van der Waals surface area contributed by atoms with Gasteiger partial charge < -0.3 is 14.4 Å². The number of carbonyl (C=O) groups excluding carboxylic acids is 1. The number of carbonyl (C=O) groups is 1. The average Bonchev–Trinajstić information content (AvgIpc) is 2.63. The topological polar surface area (TPSA) is 42.0 Å². The van der Waals surface area contributed by atoms with Gasteiger partial charge in [0.2, 0.25) is 5.91 Å². The number of nitrogens with zero attached hydrogens (tertiary/aromatic N) is 2. The summed E-state index contributed by atoms with van der Waals surface area (Å²) in [7, 11) is 3.29. The number of halogens is 1.